The molecule has 1 aliphatic heterocycles. The predicted octanol–water partition coefficient (Wildman–Crippen LogP) is 2.47. The zero-order valence-corrected chi connectivity index (χ0v) is 15.9. The zero-order chi connectivity index (χ0) is 19.5. The molecule has 144 valence electrons. The first-order valence-corrected chi connectivity index (χ1v) is 9.13. The van der Waals surface area contributed by atoms with Gasteiger partial charge >= 0.3 is 0 Å². The van der Waals surface area contributed by atoms with Crippen LogP contribution in [0.4, 0.5) is 0 Å². The second-order valence-corrected chi connectivity index (χ2v) is 6.65. The van der Waals surface area contributed by atoms with Gasteiger partial charge in [-0.3, -0.25) is 4.79 Å². The maximum atomic E-state index is 13.1. The van der Waals surface area contributed by atoms with Crippen molar-refractivity contribution < 1.29 is 14.3 Å². The van der Waals surface area contributed by atoms with Crippen LogP contribution in [0.1, 0.15) is 22.7 Å². The number of carbonyl (C=O) groups excluding carboxylic acids is 1. The number of amides is 1. The molecule has 0 N–H and O–H groups in total. The summed E-state index contributed by atoms with van der Waals surface area (Å²) in [5.74, 6) is 1.36. The summed E-state index contributed by atoms with van der Waals surface area (Å²) in [6.45, 7) is 0.779. The van der Waals surface area contributed by atoms with Gasteiger partial charge in [0.15, 0.2) is 11.5 Å². The van der Waals surface area contributed by atoms with Crippen molar-refractivity contribution in [3.8, 4) is 11.5 Å². The quantitative estimate of drug-likeness (QED) is 0.682. The molecule has 1 aromatic heterocycles. The van der Waals surface area contributed by atoms with Crippen LogP contribution in [0.5, 0.6) is 11.5 Å². The van der Waals surface area contributed by atoms with E-state index < -0.39 is 0 Å². The molecule has 0 saturated heterocycles. The van der Waals surface area contributed by atoms with Crippen LogP contribution in [0.3, 0.4) is 0 Å². The molecular weight excluding hydrogens is 356 g/mol. The van der Waals surface area contributed by atoms with Crippen LogP contribution in [0.2, 0.25) is 0 Å². The SMILES string of the molecule is COc1cc2c(cc1OC)C(c1ccccc1)N(C(=O)Cn1cncn1)CC2. The first kappa shape index (κ1) is 18.0. The van der Waals surface area contributed by atoms with Gasteiger partial charge in [-0.2, -0.15) is 5.10 Å². The molecule has 7 nitrogen and oxygen atoms in total. The van der Waals surface area contributed by atoms with Gasteiger partial charge < -0.3 is 14.4 Å². The molecule has 0 aliphatic carbocycles. The summed E-state index contributed by atoms with van der Waals surface area (Å²) < 4.78 is 12.5. The van der Waals surface area contributed by atoms with Crippen LogP contribution in [0, 0.1) is 0 Å². The Balaban J connectivity index is 1.77. The van der Waals surface area contributed by atoms with Crippen molar-refractivity contribution in [2.24, 2.45) is 0 Å². The first-order valence-electron chi connectivity index (χ1n) is 9.13. The second-order valence-electron chi connectivity index (χ2n) is 6.65. The fourth-order valence-electron chi connectivity index (χ4n) is 3.75. The third-order valence-corrected chi connectivity index (χ3v) is 5.07. The van der Waals surface area contributed by atoms with Gasteiger partial charge in [-0.25, -0.2) is 9.67 Å². The minimum absolute atomic E-state index is 0.000196. The summed E-state index contributed by atoms with van der Waals surface area (Å²) in [5.41, 5.74) is 3.28. The molecule has 1 amide bonds. The molecule has 1 aliphatic rings. The lowest BCUT2D eigenvalue weighted by Crippen LogP contribution is -2.42. The highest BCUT2D eigenvalue weighted by Crippen LogP contribution is 2.41. The molecule has 0 bridgehead atoms. The first-order chi connectivity index (χ1) is 13.7. The summed E-state index contributed by atoms with van der Waals surface area (Å²) in [6.07, 6.45) is 3.74. The monoisotopic (exact) mass is 378 g/mol. The maximum Gasteiger partial charge on any atom is 0.245 e. The normalized spacial score (nSPS) is 15.8. The Bertz CT molecular complexity index is 957. The lowest BCUT2D eigenvalue weighted by atomic mass is 9.87. The van der Waals surface area contributed by atoms with Crippen molar-refractivity contribution >= 4 is 5.91 Å². The standard InChI is InChI=1S/C21H22N4O3/c1-27-18-10-16-8-9-25(20(26)12-24-14-22-13-23-24)21(15-6-4-3-5-7-15)17(16)11-19(18)28-2/h3-7,10-11,13-14,21H,8-9,12H2,1-2H3. The Labute approximate surface area is 163 Å². The van der Waals surface area contributed by atoms with Crippen LogP contribution in [0.15, 0.2) is 55.1 Å². The summed E-state index contributed by atoms with van der Waals surface area (Å²) in [6, 6.07) is 13.9. The summed E-state index contributed by atoms with van der Waals surface area (Å²) in [4.78, 5) is 19.0. The van der Waals surface area contributed by atoms with E-state index in [1.807, 2.05) is 47.4 Å². The van der Waals surface area contributed by atoms with Crippen molar-refractivity contribution in [3.63, 3.8) is 0 Å². The highest BCUT2D eigenvalue weighted by atomic mass is 16.5. The number of nitrogens with zero attached hydrogens (tertiary/aromatic N) is 4. The minimum Gasteiger partial charge on any atom is -0.493 e. The number of hydrogen-bond acceptors (Lipinski definition) is 5. The van der Waals surface area contributed by atoms with Crippen LogP contribution >= 0.6 is 0 Å². The number of carbonyl (C=O) groups is 1. The van der Waals surface area contributed by atoms with Crippen molar-refractivity contribution in [3.05, 3.63) is 71.8 Å². The Hall–Kier alpha value is -3.35. The van der Waals surface area contributed by atoms with Crippen LogP contribution in [-0.4, -0.2) is 46.3 Å². The molecule has 2 aromatic carbocycles. The molecule has 0 radical (unpaired) electrons. The molecule has 28 heavy (non-hydrogen) atoms. The lowest BCUT2D eigenvalue weighted by Gasteiger charge is -2.38. The lowest BCUT2D eigenvalue weighted by molar-refractivity contribution is -0.134. The van der Waals surface area contributed by atoms with Gasteiger partial charge in [0.2, 0.25) is 5.91 Å². The van der Waals surface area contributed by atoms with Crippen LogP contribution in [0.25, 0.3) is 0 Å². The highest BCUT2D eigenvalue weighted by Gasteiger charge is 2.33. The van der Waals surface area contributed by atoms with Crippen LogP contribution in [-0.2, 0) is 17.8 Å². The molecule has 7 heteroatoms. The van der Waals surface area contributed by atoms with Gasteiger partial charge in [-0.05, 0) is 35.2 Å². The Morgan fingerprint density at radius 1 is 1.14 bits per heavy atom. The summed E-state index contributed by atoms with van der Waals surface area (Å²) in [5, 5.41) is 4.06. The van der Waals surface area contributed by atoms with Crippen molar-refractivity contribution in [2.75, 3.05) is 20.8 Å². The molecule has 0 fully saturated rings. The van der Waals surface area contributed by atoms with Gasteiger partial charge in [-0.1, -0.05) is 30.3 Å². The topological polar surface area (TPSA) is 69.5 Å². The number of aromatic nitrogens is 3. The molecular formula is C21H22N4O3. The van der Waals surface area contributed by atoms with Gasteiger partial charge in [0.1, 0.15) is 19.2 Å². The Morgan fingerprint density at radius 2 is 1.89 bits per heavy atom. The van der Waals surface area contributed by atoms with Gasteiger partial charge in [0, 0.05) is 6.54 Å². The number of rotatable bonds is 5. The average molecular weight is 378 g/mol. The summed E-state index contributed by atoms with van der Waals surface area (Å²) in [7, 11) is 3.26. The molecule has 3 aromatic rings. The van der Waals surface area contributed by atoms with E-state index in [0.29, 0.717) is 18.0 Å². The Morgan fingerprint density at radius 3 is 2.57 bits per heavy atom. The second kappa shape index (κ2) is 7.72. The fourth-order valence-corrected chi connectivity index (χ4v) is 3.75. The maximum absolute atomic E-state index is 13.1. The van der Waals surface area contributed by atoms with E-state index in [1.54, 1.807) is 25.2 Å². The average Bonchev–Trinajstić information content (AvgIpc) is 3.25. The number of benzene rings is 2. The fraction of sp³-hybridized carbons (Fsp3) is 0.286. The number of methoxy groups -OCH3 is 2. The van der Waals surface area contributed by atoms with Crippen LogP contribution < -0.4 is 9.47 Å². The van der Waals surface area contributed by atoms with Crippen molar-refractivity contribution in [1.82, 2.24) is 19.7 Å². The van der Waals surface area contributed by atoms with Crippen molar-refractivity contribution in [1.29, 1.82) is 0 Å². The Kier molecular flexibility index (Phi) is 4.97. The van der Waals surface area contributed by atoms with E-state index in [1.165, 1.54) is 6.33 Å². The highest BCUT2D eigenvalue weighted by molar-refractivity contribution is 5.77. The van der Waals surface area contributed by atoms with Crippen molar-refractivity contribution in [2.45, 2.75) is 19.0 Å². The molecule has 2 heterocycles. The van der Waals surface area contributed by atoms with E-state index in [4.69, 9.17) is 9.47 Å². The number of hydrogen-bond donors (Lipinski definition) is 0. The third-order valence-electron chi connectivity index (χ3n) is 5.07. The number of ether oxygens (including phenoxy) is 2. The molecule has 1 atom stereocenters. The third kappa shape index (κ3) is 3.31. The predicted molar refractivity (Wildman–Crippen MR) is 103 cm³/mol. The van der Waals surface area contributed by atoms with Gasteiger partial charge in [0.05, 0.1) is 20.3 Å². The molecule has 0 saturated carbocycles. The zero-order valence-electron chi connectivity index (χ0n) is 15.9. The van der Waals surface area contributed by atoms with E-state index >= 15 is 0 Å². The van der Waals surface area contributed by atoms with E-state index in [0.717, 1.165) is 23.1 Å². The largest absolute Gasteiger partial charge is 0.493 e. The smallest absolute Gasteiger partial charge is 0.245 e. The van der Waals surface area contributed by atoms with Gasteiger partial charge in [-0.15, -0.1) is 0 Å². The minimum atomic E-state index is -0.194. The summed E-state index contributed by atoms with van der Waals surface area (Å²) >= 11 is 0. The molecule has 1 unspecified atom stereocenters. The van der Waals surface area contributed by atoms with Gasteiger partial charge in [0.25, 0.3) is 0 Å². The van der Waals surface area contributed by atoms with E-state index in [-0.39, 0.29) is 18.5 Å². The van der Waals surface area contributed by atoms with E-state index in [2.05, 4.69) is 10.1 Å². The van der Waals surface area contributed by atoms with E-state index in [9.17, 15) is 4.79 Å². The molecule has 4 rings (SSSR count). The number of fused-ring (bicyclic) bond motifs is 1. The molecule has 0 spiro atoms.